The Labute approximate surface area is 131 Å². The number of nitrogens with zero attached hydrogens (tertiary/aromatic N) is 2. The molecule has 0 saturated carbocycles. The van der Waals surface area contributed by atoms with E-state index in [1.165, 1.54) is 11.1 Å². The molecule has 2 aliphatic rings. The van der Waals surface area contributed by atoms with Gasteiger partial charge in [0.2, 0.25) is 0 Å². The second-order valence-corrected chi connectivity index (χ2v) is 5.61. The summed E-state index contributed by atoms with van der Waals surface area (Å²) >= 11 is 0. The van der Waals surface area contributed by atoms with E-state index in [1.807, 2.05) is 7.05 Å². The van der Waals surface area contributed by atoms with Crippen LogP contribution < -0.4 is 5.32 Å². The van der Waals surface area contributed by atoms with Crippen LogP contribution in [0.4, 0.5) is 5.82 Å². The van der Waals surface area contributed by atoms with Crippen molar-refractivity contribution in [2.75, 3.05) is 12.4 Å². The van der Waals surface area contributed by atoms with Gasteiger partial charge in [0.25, 0.3) is 0 Å². The van der Waals surface area contributed by atoms with E-state index in [0.717, 1.165) is 42.2 Å². The second kappa shape index (κ2) is 6.56. The van der Waals surface area contributed by atoms with Gasteiger partial charge in [0, 0.05) is 25.5 Å². The van der Waals surface area contributed by atoms with Crippen LogP contribution in [0.1, 0.15) is 30.4 Å². The van der Waals surface area contributed by atoms with Crippen molar-refractivity contribution < 1.29 is 0 Å². The summed E-state index contributed by atoms with van der Waals surface area (Å²) in [5, 5.41) is 3.22. The highest BCUT2D eigenvalue weighted by atomic mass is 15.0. The van der Waals surface area contributed by atoms with Gasteiger partial charge in [-0.15, -0.1) is 0 Å². The Kier molecular flexibility index (Phi) is 4.33. The number of nitrogens with one attached hydrogen (secondary N) is 1. The van der Waals surface area contributed by atoms with Gasteiger partial charge in [-0.2, -0.15) is 0 Å². The van der Waals surface area contributed by atoms with Crippen LogP contribution in [0.15, 0.2) is 53.7 Å². The normalized spacial score (nSPS) is 21.7. The van der Waals surface area contributed by atoms with Crippen LogP contribution in [0.2, 0.25) is 0 Å². The molecule has 3 nitrogen and oxygen atoms in total. The highest BCUT2D eigenvalue weighted by Gasteiger charge is 2.12. The van der Waals surface area contributed by atoms with Crippen LogP contribution >= 0.6 is 0 Å². The Balaban J connectivity index is 1.98. The van der Waals surface area contributed by atoms with Crippen LogP contribution in [0.25, 0.3) is 6.08 Å². The molecule has 1 heterocycles. The Bertz CT molecular complexity index is 718. The number of fused-ring (bicyclic) bond motifs is 1. The lowest BCUT2D eigenvalue weighted by Gasteiger charge is -2.12. The maximum Gasteiger partial charge on any atom is 0.137 e. The molecule has 1 aromatic rings. The molecule has 0 radical (unpaired) electrons. The van der Waals surface area contributed by atoms with Crippen LogP contribution in [0.3, 0.4) is 0 Å². The quantitative estimate of drug-likeness (QED) is 0.914. The lowest BCUT2D eigenvalue weighted by Crippen LogP contribution is -2.08. The maximum atomic E-state index is 4.81. The van der Waals surface area contributed by atoms with Crippen molar-refractivity contribution in [3.8, 4) is 0 Å². The van der Waals surface area contributed by atoms with E-state index < -0.39 is 0 Å². The summed E-state index contributed by atoms with van der Waals surface area (Å²) in [6, 6.07) is 0. The zero-order valence-electron chi connectivity index (χ0n) is 13.1. The van der Waals surface area contributed by atoms with E-state index in [0.29, 0.717) is 0 Å². The summed E-state index contributed by atoms with van der Waals surface area (Å²) in [5.41, 5.74) is 4.77. The average Bonchev–Trinajstić information content (AvgIpc) is 3.03. The van der Waals surface area contributed by atoms with E-state index in [9.17, 15) is 0 Å². The summed E-state index contributed by atoms with van der Waals surface area (Å²) in [6.07, 6.45) is 19.7. The third-order valence-electron chi connectivity index (χ3n) is 3.85. The minimum absolute atomic E-state index is 0.819. The molecule has 0 bridgehead atoms. The third kappa shape index (κ3) is 3.25. The van der Waals surface area contributed by atoms with Crippen molar-refractivity contribution in [3.05, 3.63) is 70.8 Å². The van der Waals surface area contributed by atoms with Gasteiger partial charge >= 0.3 is 0 Å². The zero-order chi connectivity index (χ0) is 15.4. The van der Waals surface area contributed by atoms with Crippen molar-refractivity contribution >= 4 is 11.9 Å². The molecule has 0 amide bonds. The van der Waals surface area contributed by atoms with Gasteiger partial charge in [-0.25, -0.2) is 9.97 Å². The van der Waals surface area contributed by atoms with Gasteiger partial charge in [-0.3, -0.25) is 0 Å². The molecule has 1 N–H and O–H groups in total. The first-order valence-corrected chi connectivity index (χ1v) is 7.70. The molecule has 22 heavy (non-hydrogen) atoms. The molecular formula is C19H21N3. The number of hydrogen-bond donors (Lipinski definition) is 1. The molecular weight excluding hydrogens is 270 g/mol. The number of aromatic nitrogens is 2. The molecule has 3 heteroatoms. The standard InChI is InChI=1S/C19H21N3/c1-14-7-5-11-16-17(12-6-8-14)21-18(22-19(16)20-2)13-15-9-3-4-10-15/h3-9,11H,10,12-13H2,1-2H3,(H,20,21,22)/b8-6+,11-5+,14-7-. The molecule has 3 rings (SSSR count). The van der Waals surface area contributed by atoms with E-state index in [-0.39, 0.29) is 0 Å². The Morgan fingerprint density at radius 3 is 2.73 bits per heavy atom. The molecule has 0 saturated heterocycles. The van der Waals surface area contributed by atoms with E-state index in [4.69, 9.17) is 9.97 Å². The monoisotopic (exact) mass is 291 g/mol. The fourth-order valence-electron chi connectivity index (χ4n) is 2.70. The van der Waals surface area contributed by atoms with Crippen molar-refractivity contribution in [2.24, 2.45) is 0 Å². The number of hydrogen-bond acceptors (Lipinski definition) is 3. The SMILES string of the molecule is CNc1nc(CC2=CC=CC2)nc2c1/C=C/C=C(C)\C=C\C2. The predicted molar refractivity (Wildman–Crippen MR) is 92.8 cm³/mol. The fraction of sp³-hybridized carbons (Fsp3) is 0.263. The predicted octanol–water partition coefficient (Wildman–Crippen LogP) is 4.02. The van der Waals surface area contributed by atoms with Crippen molar-refractivity contribution in [1.29, 1.82) is 0 Å². The zero-order valence-corrected chi connectivity index (χ0v) is 13.1. The van der Waals surface area contributed by atoms with Crippen molar-refractivity contribution in [2.45, 2.75) is 26.2 Å². The maximum absolute atomic E-state index is 4.81. The molecule has 1 aromatic heterocycles. The molecule has 0 atom stereocenters. The summed E-state index contributed by atoms with van der Waals surface area (Å²) in [7, 11) is 1.92. The topological polar surface area (TPSA) is 37.8 Å². The molecule has 0 unspecified atom stereocenters. The lowest BCUT2D eigenvalue weighted by molar-refractivity contribution is 0.901. The smallest absolute Gasteiger partial charge is 0.137 e. The van der Waals surface area contributed by atoms with E-state index >= 15 is 0 Å². The summed E-state index contributed by atoms with van der Waals surface area (Å²) in [4.78, 5) is 9.51. The van der Waals surface area contributed by atoms with Crippen molar-refractivity contribution in [3.63, 3.8) is 0 Å². The van der Waals surface area contributed by atoms with E-state index in [1.54, 1.807) is 0 Å². The first kappa shape index (κ1) is 14.5. The summed E-state index contributed by atoms with van der Waals surface area (Å²) < 4.78 is 0. The largest absolute Gasteiger partial charge is 0.373 e. The van der Waals surface area contributed by atoms with E-state index in [2.05, 4.69) is 60.8 Å². The Hall–Kier alpha value is -2.42. The number of anilines is 1. The Morgan fingerprint density at radius 2 is 1.95 bits per heavy atom. The first-order valence-electron chi connectivity index (χ1n) is 7.70. The Morgan fingerprint density at radius 1 is 1.05 bits per heavy atom. The van der Waals surface area contributed by atoms with Gasteiger partial charge in [-0.1, -0.05) is 53.7 Å². The van der Waals surface area contributed by atoms with Crippen LogP contribution in [-0.4, -0.2) is 17.0 Å². The average molecular weight is 291 g/mol. The van der Waals surface area contributed by atoms with Gasteiger partial charge in [0.1, 0.15) is 11.6 Å². The van der Waals surface area contributed by atoms with Crippen molar-refractivity contribution in [1.82, 2.24) is 9.97 Å². The minimum atomic E-state index is 0.819. The van der Waals surface area contributed by atoms with Gasteiger partial charge in [0.15, 0.2) is 0 Å². The number of rotatable bonds is 3. The molecule has 0 spiro atoms. The van der Waals surface area contributed by atoms with Crippen LogP contribution in [0.5, 0.6) is 0 Å². The minimum Gasteiger partial charge on any atom is -0.373 e. The van der Waals surface area contributed by atoms with Gasteiger partial charge in [0.05, 0.1) is 5.69 Å². The highest BCUT2D eigenvalue weighted by Crippen LogP contribution is 2.23. The van der Waals surface area contributed by atoms with Gasteiger partial charge < -0.3 is 5.32 Å². The van der Waals surface area contributed by atoms with Crippen LogP contribution in [0, 0.1) is 0 Å². The molecule has 0 aromatic carbocycles. The van der Waals surface area contributed by atoms with Crippen LogP contribution in [-0.2, 0) is 12.8 Å². The highest BCUT2D eigenvalue weighted by molar-refractivity contribution is 5.66. The number of allylic oxidation sites excluding steroid dienone is 9. The molecule has 2 aliphatic carbocycles. The molecule has 0 aliphatic heterocycles. The summed E-state index contributed by atoms with van der Waals surface area (Å²) in [5.74, 6) is 1.80. The molecule has 0 fully saturated rings. The fourth-order valence-corrected chi connectivity index (χ4v) is 2.70. The second-order valence-electron chi connectivity index (χ2n) is 5.61. The lowest BCUT2D eigenvalue weighted by atomic mass is 10.1. The summed E-state index contributed by atoms with van der Waals surface area (Å²) in [6.45, 7) is 2.10. The molecule has 112 valence electrons. The van der Waals surface area contributed by atoms with Gasteiger partial charge in [-0.05, 0) is 19.4 Å². The first-order chi connectivity index (χ1) is 10.8. The third-order valence-corrected chi connectivity index (χ3v) is 3.85.